The summed E-state index contributed by atoms with van der Waals surface area (Å²) in [5, 5.41) is 1.17. The Kier molecular flexibility index (Phi) is 4.40. The summed E-state index contributed by atoms with van der Waals surface area (Å²) < 4.78 is 27.7. The maximum Gasteiger partial charge on any atom is 0.243 e. The van der Waals surface area contributed by atoms with Crippen LogP contribution >= 0.6 is 0 Å². The monoisotopic (exact) mass is 382 g/mol. The molecule has 1 fully saturated rings. The molecule has 5 heteroatoms. The van der Waals surface area contributed by atoms with Gasteiger partial charge in [-0.25, -0.2) is 8.42 Å². The van der Waals surface area contributed by atoms with Crippen LogP contribution < -0.4 is 0 Å². The highest BCUT2D eigenvalue weighted by molar-refractivity contribution is 7.89. The molecule has 0 radical (unpaired) electrons. The summed E-state index contributed by atoms with van der Waals surface area (Å²) in [6.07, 6.45) is 0.839. The maximum atomic E-state index is 13.1. The zero-order chi connectivity index (χ0) is 19.2. The summed E-state index contributed by atoms with van der Waals surface area (Å²) in [6, 6.07) is 17.7. The van der Waals surface area contributed by atoms with E-state index in [9.17, 15) is 8.42 Å². The van der Waals surface area contributed by atoms with Crippen LogP contribution in [0.2, 0.25) is 0 Å². The van der Waals surface area contributed by atoms with E-state index in [1.54, 1.807) is 16.4 Å². The number of fused-ring (bicyclic) bond motifs is 1. The van der Waals surface area contributed by atoms with Crippen LogP contribution in [0.4, 0.5) is 0 Å². The largest absolute Gasteiger partial charge is 0.358 e. The summed E-state index contributed by atoms with van der Waals surface area (Å²) in [6.45, 7) is 7.46. The highest BCUT2D eigenvalue weighted by atomic mass is 32.2. The molecule has 1 N–H and O–H groups in total. The molecule has 1 saturated heterocycles. The predicted molar refractivity (Wildman–Crippen MR) is 110 cm³/mol. The van der Waals surface area contributed by atoms with E-state index in [0.29, 0.717) is 18.0 Å². The number of aromatic nitrogens is 1. The Bertz CT molecular complexity index is 1030. The van der Waals surface area contributed by atoms with Gasteiger partial charge < -0.3 is 4.98 Å². The van der Waals surface area contributed by atoms with E-state index in [4.69, 9.17) is 0 Å². The fourth-order valence-corrected chi connectivity index (χ4v) is 5.29. The van der Waals surface area contributed by atoms with Gasteiger partial charge in [0.15, 0.2) is 0 Å². The number of nitrogens with one attached hydrogen (secondary N) is 1. The van der Waals surface area contributed by atoms with Gasteiger partial charge in [-0.05, 0) is 47.1 Å². The third-order valence-corrected chi connectivity index (χ3v) is 7.38. The lowest BCUT2D eigenvalue weighted by Gasteiger charge is -2.20. The van der Waals surface area contributed by atoms with Gasteiger partial charge in [0.25, 0.3) is 0 Å². The van der Waals surface area contributed by atoms with E-state index in [2.05, 4.69) is 44.0 Å². The molecule has 142 valence electrons. The first-order valence-corrected chi connectivity index (χ1v) is 10.9. The van der Waals surface area contributed by atoms with E-state index < -0.39 is 10.0 Å². The van der Waals surface area contributed by atoms with Crippen LogP contribution in [-0.2, 0) is 15.4 Å². The highest BCUT2D eigenvalue weighted by Crippen LogP contribution is 2.33. The standard InChI is InChI=1S/C22H26N2O2S/c1-22(2,3)18-8-10-19(11-9-18)27(25,26)24-13-12-17(15-24)21-14-16-6-4-5-7-20(16)23-21/h4-11,14,17,23H,12-13,15H2,1-3H3. The fourth-order valence-electron chi connectivity index (χ4n) is 3.79. The number of para-hydroxylation sites is 1. The van der Waals surface area contributed by atoms with Crippen LogP contribution in [-0.4, -0.2) is 30.8 Å². The first-order chi connectivity index (χ1) is 12.7. The second-order valence-electron chi connectivity index (χ2n) is 8.43. The van der Waals surface area contributed by atoms with Crippen LogP contribution in [0.1, 0.15) is 44.4 Å². The summed E-state index contributed by atoms with van der Waals surface area (Å²) in [4.78, 5) is 3.83. The van der Waals surface area contributed by atoms with Crippen molar-refractivity contribution in [3.05, 3.63) is 65.9 Å². The number of aromatic amines is 1. The van der Waals surface area contributed by atoms with Crippen LogP contribution in [0, 0.1) is 0 Å². The number of nitrogens with zero attached hydrogens (tertiary/aromatic N) is 1. The van der Waals surface area contributed by atoms with Gasteiger partial charge >= 0.3 is 0 Å². The van der Waals surface area contributed by atoms with Gasteiger partial charge in [-0.3, -0.25) is 0 Å². The van der Waals surface area contributed by atoms with Crippen molar-refractivity contribution < 1.29 is 8.42 Å². The fraction of sp³-hybridized carbons (Fsp3) is 0.364. The van der Waals surface area contributed by atoms with Crippen molar-refractivity contribution in [3.63, 3.8) is 0 Å². The van der Waals surface area contributed by atoms with Crippen LogP contribution in [0.3, 0.4) is 0 Å². The second kappa shape index (κ2) is 6.50. The molecule has 0 amide bonds. The van der Waals surface area contributed by atoms with E-state index >= 15 is 0 Å². The van der Waals surface area contributed by atoms with Gasteiger partial charge in [0, 0.05) is 30.2 Å². The van der Waals surface area contributed by atoms with Gasteiger partial charge in [0.1, 0.15) is 0 Å². The number of sulfonamides is 1. The molecule has 0 saturated carbocycles. The Morgan fingerprint density at radius 3 is 2.41 bits per heavy atom. The minimum Gasteiger partial charge on any atom is -0.358 e. The average molecular weight is 383 g/mol. The molecule has 3 aromatic rings. The third-order valence-electron chi connectivity index (χ3n) is 5.50. The van der Waals surface area contributed by atoms with Crippen LogP contribution in [0.5, 0.6) is 0 Å². The molecule has 1 atom stereocenters. The van der Waals surface area contributed by atoms with Crippen molar-refractivity contribution in [2.45, 2.75) is 43.4 Å². The van der Waals surface area contributed by atoms with E-state index in [1.807, 2.05) is 24.3 Å². The van der Waals surface area contributed by atoms with Crippen LogP contribution in [0.15, 0.2) is 59.5 Å². The Morgan fingerprint density at radius 2 is 1.74 bits per heavy atom. The van der Waals surface area contributed by atoms with E-state index in [1.165, 1.54) is 5.39 Å². The smallest absolute Gasteiger partial charge is 0.243 e. The molecule has 2 heterocycles. The van der Waals surface area contributed by atoms with Gasteiger partial charge in [-0.15, -0.1) is 0 Å². The Labute approximate surface area is 161 Å². The minimum absolute atomic E-state index is 0.0106. The molecule has 0 bridgehead atoms. The quantitative estimate of drug-likeness (QED) is 0.717. The normalized spacial score (nSPS) is 19.0. The lowest BCUT2D eigenvalue weighted by molar-refractivity contribution is 0.472. The third kappa shape index (κ3) is 3.42. The number of hydrogen-bond acceptors (Lipinski definition) is 2. The molecule has 1 aromatic heterocycles. The number of rotatable bonds is 3. The molecule has 4 rings (SSSR count). The summed E-state index contributed by atoms with van der Waals surface area (Å²) >= 11 is 0. The van der Waals surface area contributed by atoms with Crippen molar-refractivity contribution in [2.75, 3.05) is 13.1 Å². The Hall–Kier alpha value is -2.11. The molecular formula is C22H26N2O2S. The molecule has 1 aliphatic rings. The molecule has 2 aromatic carbocycles. The summed E-state index contributed by atoms with van der Waals surface area (Å²) in [5.41, 5.74) is 3.37. The topological polar surface area (TPSA) is 53.2 Å². The van der Waals surface area contributed by atoms with Gasteiger partial charge in [0.05, 0.1) is 4.90 Å². The first kappa shape index (κ1) is 18.3. The minimum atomic E-state index is -3.45. The number of H-pyrrole nitrogens is 1. The van der Waals surface area contributed by atoms with Crippen molar-refractivity contribution in [1.29, 1.82) is 0 Å². The zero-order valence-corrected chi connectivity index (χ0v) is 16.9. The van der Waals surface area contributed by atoms with Crippen molar-refractivity contribution in [1.82, 2.24) is 9.29 Å². The van der Waals surface area contributed by atoms with Crippen molar-refractivity contribution in [2.24, 2.45) is 0 Å². The Morgan fingerprint density at radius 1 is 1.04 bits per heavy atom. The lowest BCUT2D eigenvalue weighted by Crippen LogP contribution is -2.28. The van der Waals surface area contributed by atoms with E-state index in [0.717, 1.165) is 23.2 Å². The van der Waals surface area contributed by atoms with Gasteiger partial charge in [-0.2, -0.15) is 4.31 Å². The molecular weight excluding hydrogens is 356 g/mol. The lowest BCUT2D eigenvalue weighted by atomic mass is 9.87. The SMILES string of the molecule is CC(C)(C)c1ccc(S(=O)(=O)N2CCC(c3cc4ccccc4[nH]3)C2)cc1. The average Bonchev–Trinajstić information content (AvgIpc) is 3.28. The molecule has 0 spiro atoms. The van der Waals surface area contributed by atoms with E-state index in [-0.39, 0.29) is 11.3 Å². The second-order valence-corrected chi connectivity index (χ2v) is 10.4. The molecule has 1 unspecified atom stereocenters. The number of hydrogen-bond donors (Lipinski definition) is 1. The Balaban J connectivity index is 1.55. The van der Waals surface area contributed by atoms with Gasteiger partial charge in [0.2, 0.25) is 10.0 Å². The van der Waals surface area contributed by atoms with Crippen LogP contribution in [0.25, 0.3) is 10.9 Å². The van der Waals surface area contributed by atoms with Crippen molar-refractivity contribution >= 4 is 20.9 Å². The molecule has 4 nitrogen and oxygen atoms in total. The predicted octanol–water partition coefficient (Wildman–Crippen LogP) is 4.64. The summed E-state index contributed by atoms with van der Waals surface area (Å²) in [5.74, 6) is 0.209. The van der Waals surface area contributed by atoms with Gasteiger partial charge in [-0.1, -0.05) is 51.1 Å². The van der Waals surface area contributed by atoms with Crippen molar-refractivity contribution in [3.8, 4) is 0 Å². The highest BCUT2D eigenvalue weighted by Gasteiger charge is 2.34. The molecule has 27 heavy (non-hydrogen) atoms. The number of benzene rings is 2. The molecule has 0 aliphatic carbocycles. The maximum absolute atomic E-state index is 13.1. The first-order valence-electron chi connectivity index (χ1n) is 9.43. The molecule has 1 aliphatic heterocycles. The zero-order valence-electron chi connectivity index (χ0n) is 16.1. The summed E-state index contributed by atoms with van der Waals surface area (Å²) in [7, 11) is -3.45.